The van der Waals surface area contributed by atoms with Gasteiger partial charge < -0.3 is 20.3 Å². The molecule has 0 radical (unpaired) electrons. The molecule has 0 amide bonds. The molecule has 6 nitrogen and oxygen atoms in total. The summed E-state index contributed by atoms with van der Waals surface area (Å²) < 4.78 is 5.80. The first-order chi connectivity index (χ1) is 13.6. The third kappa shape index (κ3) is 7.47. The van der Waals surface area contributed by atoms with Crippen LogP contribution in [0.15, 0.2) is 53.7 Å². The summed E-state index contributed by atoms with van der Waals surface area (Å²) in [5.41, 5.74) is 2.45. The first-order valence-corrected chi connectivity index (χ1v) is 9.98. The van der Waals surface area contributed by atoms with Crippen LogP contribution in [0.3, 0.4) is 0 Å². The number of aromatic nitrogens is 1. The Morgan fingerprint density at radius 2 is 1.79 bits per heavy atom. The first-order valence-electron chi connectivity index (χ1n) is 9.98. The van der Waals surface area contributed by atoms with Crippen molar-refractivity contribution < 1.29 is 4.74 Å². The van der Waals surface area contributed by atoms with Gasteiger partial charge in [0.05, 0.1) is 12.2 Å². The molecule has 158 valence electrons. The highest BCUT2D eigenvalue weighted by molar-refractivity contribution is 14.0. The van der Waals surface area contributed by atoms with E-state index in [1.165, 1.54) is 5.56 Å². The van der Waals surface area contributed by atoms with Crippen LogP contribution in [-0.2, 0) is 17.7 Å². The van der Waals surface area contributed by atoms with Gasteiger partial charge in [-0.05, 0) is 37.5 Å². The molecule has 2 atom stereocenters. The van der Waals surface area contributed by atoms with Gasteiger partial charge in [0, 0.05) is 39.4 Å². The molecule has 0 aliphatic carbocycles. The number of halogens is 1. The van der Waals surface area contributed by atoms with Crippen molar-refractivity contribution in [2.75, 3.05) is 31.6 Å². The quantitative estimate of drug-likeness (QED) is 0.356. The molecule has 1 aliphatic heterocycles. The summed E-state index contributed by atoms with van der Waals surface area (Å²) in [6.45, 7) is 7.51. The van der Waals surface area contributed by atoms with E-state index in [0.717, 1.165) is 43.4 Å². The fourth-order valence-electron chi connectivity index (χ4n) is 3.45. The van der Waals surface area contributed by atoms with Crippen LogP contribution in [0.2, 0.25) is 0 Å². The molecule has 2 aromatic rings. The summed E-state index contributed by atoms with van der Waals surface area (Å²) in [4.78, 5) is 11.2. The molecule has 7 heteroatoms. The van der Waals surface area contributed by atoms with E-state index in [4.69, 9.17) is 4.74 Å². The molecule has 29 heavy (non-hydrogen) atoms. The number of guanidine groups is 1. The molecular weight excluding hydrogens is 477 g/mol. The second-order valence-corrected chi connectivity index (χ2v) is 7.28. The Bertz CT molecular complexity index is 744. The minimum absolute atomic E-state index is 0. The van der Waals surface area contributed by atoms with E-state index in [0.29, 0.717) is 6.54 Å². The molecule has 2 heterocycles. The van der Waals surface area contributed by atoms with Crippen LogP contribution in [0.1, 0.15) is 25.0 Å². The minimum Gasteiger partial charge on any atom is -0.372 e. The Labute approximate surface area is 191 Å². The number of benzene rings is 1. The monoisotopic (exact) mass is 509 g/mol. The van der Waals surface area contributed by atoms with Gasteiger partial charge in [0.25, 0.3) is 0 Å². The Morgan fingerprint density at radius 1 is 1.07 bits per heavy atom. The van der Waals surface area contributed by atoms with E-state index in [2.05, 4.69) is 75.8 Å². The van der Waals surface area contributed by atoms with Crippen molar-refractivity contribution >= 4 is 35.8 Å². The number of hydrogen-bond donors (Lipinski definition) is 2. The lowest BCUT2D eigenvalue weighted by molar-refractivity contribution is -0.00545. The largest absolute Gasteiger partial charge is 0.372 e. The number of ether oxygens (including phenoxy) is 1. The van der Waals surface area contributed by atoms with Crippen LogP contribution in [0.4, 0.5) is 5.82 Å². The summed E-state index contributed by atoms with van der Waals surface area (Å²) in [6.07, 6.45) is 3.37. The van der Waals surface area contributed by atoms with Crippen LogP contribution in [-0.4, -0.2) is 49.8 Å². The lowest BCUT2D eigenvalue weighted by Gasteiger charge is -2.36. The predicted molar refractivity (Wildman–Crippen MR) is 130 cm³/mol. The number of hydrogen-bond acceptors (Lipinski definition) is 4. The maximum atomic E-state index is 5.80. The highest BCUT2D eigenvalue weighted by Gasteiger charge is 2.22. The van der Waals surface area contributed by atoms with Crippen LogP contribution < -0.4 is 15.5 Å². The number of nitrogens with one attached hydrogen (secondary N) is 2. The maximum absolute atomic E-state index is 5.80. The molecule has 0 bridgehead atoms. The maximum Gasteiger partial charge on any atom is 0.191 e. The van der Waals surface area contributed by atoms with Gasteiger partial charge in [-0.25, -0.2) is 4.98 Å². The Kier molecular flexibility index (Phi) is 9.66. The van der Waals surface area contributed by atoms with Crippen molar-refractivity contribution in [2.45, 2.75) is 39.0 Å². The topological polar surface area (TPSA) is 61.8 Å². The van der Waals surface area contributed by atoms with Crippen LogP contribution in [0.5, 0.6) is 0 Å². The number of aliphatic imine (C=N–C) groups is 1. The van der Waals surface area contributed by atoms with Crippen molar-refractivity contribution in [1.82, 2.24) is 15.6 Å². The molecule has 1 aromatic heterocycles. The van der Waals surface area contributed by atoms with E-state index >= 15 is 0 Å². The summed E-state index contributed by atoms with van der Waals surface area (Å²) >= 11 is 0. The van der Waals surface area contributed by atoms with Gasteiger partial charge in [-0.3, -0.25) is 4.99 Å². The molecule has 3 rings (SSSR count). The second kappa shape index (κ2) is 12.0. The molecule has 1 fully saturated rings. The zero-order valence-electron chi connectivity index (χ0n) is 17.5. The second-order valence-electron chi connectivity index (χ2n) is 7.28. The lowest BCUT2D eigenvalue weighted by Crippen LogP contribution is -2.45. The highest BCUT2D eigenvalue weighted by atomic mass is 127. The van der Waals surface area contributed by atoms with Crippen molar-refractivity contribution in [2.24, 2.45) is 4.99 Å². The minimum atomic E-state index is 0. The number of morpholine rings is 1. The first kappa shape index (κ1) is 23.4. The number of nitrogens with zero attached hydrogens (tertiary/aromatic N) is 3. The van der Waals surface area contributed by atoms with Crippen LogP contribution >= 0.6 is 24.0 Å². The van der Waals surface area contributed by atoms with Gasteiger partial charge in [0.15, 0.2) is 5.96 Å². The fraction of sp³-hybridized carbons (Fsp3) is 0.455. The molecule has 1 aliphatic rings. The predicted octanol–water partition coefficient (Wildman–Crippen LogP) is 3.22. The summed E-state index contributed by atoms with van der Waals surface area (Å²) in [6, 6.07) is 14.7. The number of anilines is 1. The van der Waals surface area contributed by atoms with Crippen LogP contribution in [0.25, 0.3) is 0 Å². The van der Waals surface area contributed by atoms with Gasteiger partial charge in [0.2, 0.25) is 0 Å². The summed E-state index contributed by atoms with van der Waals surface area (Å²) in [5.74, 6) is 1.81. The zero-order chi connectivity index (χ0) is 19.8. The third-order valence-electron chi connectivity index (χ3n) is 4.79. The normalized spacial score (nSPS) is 19.4. The Morgan fingerprint density at radius 3 is 2.41 bits per heavy atom. The molecule has 0 saturated carbocycles. The van der Waals surface area contributed by atoms with Gasteiger partial charge in [0.1, 0.15) is 5.82 Å². The van der Waals surface area contributed by atoms with Crippen molar-refractivity contribution in [1.29, 1.82) is 0 Å². The Balaban J connectivity index is 0.00000300. The van der Waals surface area contributed by atoms with Gasteiger partial charge in [-0.15, -0.1) is 24.0 Å². The van der Waals surface area contributed by atoms with Crippen molar-refractivity contribution in [3.8, 4) is 0 Å². The molecule has 1 saturated heterocycles. The van der Waals surface area contributed by atoms with E-state index in [1.54, 1.807) is 7.05 Å². The third-order valence-corrected chi connectivity index (χ3v) is 4.79. The smallest absolute Gasteiger partial charge is 0.191 e. The van der Waals surface area contributed by atoms with E-state index in [-0.39, 0.29) is 36.2 Å². The molecule has 2 unspecified atom stereocenters. The van der Waals surface area contributed by atoms with E-state index < -0.39 is 0 Å². The van der Waals surface area contributed by atoms with Gasteiger partial charge in [-0.2, -0.15) is 0 Å². The van der Waals surface area contributed by atoms with Gasteiger partial charge in [-0.1, -0.05) is 36.4 Å². The Hall–Kier alpha value is -1.87. The average molecular weight is 509 g/mol. The molecule has 0 spiro atoms. The fourth-order valence-corrected chi connectivity index (χ4v) is 3.45. The number of rotatable bonds is 6. The summed E-state index contributed by atoms with van der Waals surface area (Å²) in [7, 11) is 1.79. The lowest BCUT2D eigenvalue weighted by atomic mass is 10.1. The standard InChI is InChI=1S/C22H31N5O.HI/c1-17-15-27(16-18(2)28-17)21-10-9-20(13-25-21)14-26-22(23-3)24-12-11-19-7-5-4-6-8-19;/h4-10,13,17-18H,11-12,14-16H2,1-3H3,(H2,23,24,26);1H. The van der Waals surface area contributed by atoms with E-state index in [9.17, 15) is 0 Å². The SMILES string of the molecule is CN=C(NCCc1ccccc1)NCc1ccc(N2CC(C)OC(C)C2)nc1.I. The molecule has 1 aromatic carbocycles. The van der Waals surface area contributed by atoms with E-state index in [1.807, 2.05) is 12.3 Å². The zero-order valence-corrected chi connectivity index (χ0v) is 19.8. The van der Waals surface area contributed by atoms with Crippen LogP contribution in [0, 0.1) is 0 Å². The molecule has 2 N–H and O–H groups in total. The average Bonchev–Trinajstić information content (AvgIpc) is 2.71. The highest BCUT2D eigenvalue weighted by Crippen LogP contribution is 2.18. The molecular formula is C22H32IN5O. The van der Waals surface area contributed by atoms with Gasteiger partial charge >= 0.3 is 0 Å². The summed E-state index contributed by atoms with van der Waals surface area (Å²) in [5, 5.41) is 6.71. The van der Waals surface area contributed by atoms with Crippen molar-refractivity contribution in [3.05, 3.63) is 59.8 Å². The van der Waals surface area contributed by atoms with Crippen molar-refractivity contribution in [3.63, 3.8) is 0 Å². The number of pyridine rings is 1.